The van der Waals surface area contributed by atoms with Crippen LogP contribution in [-0.2, 0) is 0 Å². The highest BCUT2D eigenvalue weighted by atomic mass is 35.5. The second-order valence-corrected chi connectivity index (χ2v) is 8.09. The van der Waals surface area contributed by atoms with Crippen LogP contribution in [0.4, 0.5) is 5.69 Å². The number of thioether (sulfide) groups is 1. The molecule has 0 saturated carbocycles. The Bertz CT molecular complexity index is 1020. The number of hydrogen-bond acceptors (Lipinski definition) is 3. The molecule has 0 fully saturated rings. The fourth-order valence-electron chi connectivity index (χ4n) is 2.42. The van der Waals surface area contributed by atoms with E-state index >= 15 is 0 Å². The molecule has 0 radical (unpaired) electrons. The molecule has 0 aliphatic rings. The maximum atomic E-state index is 12.3. The Kier molecular flexibility index (Phi) is 7.03. The van der Waals surface area contributed by atoms with Crippen molar-refractivity contribution >= 4 is 63.9 Å². The lowest BCUT2D eigenvalue weighted by atomic mass is 10.1. The molecule has 0 heterocycles. The summed E-state index contributed by atoms with van der Waals surface area (Å²) in [6, 6.07) is 18.9. The first kappa shape index (κ1) is 20.7. The Hall–Kier alpha value is -1.98. The van der Waals surface area contributed by atoms with Crippen LogP contribution >= 0.6 is 46.6 Å². The minimum atomic E-state index is -0.323. The van der Waals surface area contributed by atoms with Crippen molar-refractivity contribution in [2.24, 2.45) is 0 Å². The summed E-state index contributed by atoms with van der Waals surface area (Å²) in [5, 5.41) is 3.99. The number of amides is 1. The molecule has 7 heteroatoms. The summed E-state index contributed by atoms with van der Waals surface area (Å²) in [6.45, 7) is 0. The summed E-state index contributed by atoms with van der Waals surface area (Å²) in [5.74, 6) is -0.0863. The van der Waals surface area contributed by atoms with Crippen LogP contribution in [0.15, 0.2) is 71.6 Å². The number of Topliss-reactive ketones (excluding diaryl/α,β-unsaturated/α-hetero) is 1. The molecule has 0 unspecified atom stereocenters. The summed E-state index contributed by atoms with van der Waals surface area (Å²) in [5.41, 5.74) is 1.48. The van der Waals surface area contributed by atoms with Crippen molar-refractivity contribution in [3.8, 4) is 0 Å². The zero-order valence-corrected chi connectivity index (χ0v) is 17.5. The lowest BCUT2D eigenvalue weighted by molar-refractivity contribution is 0.101. The summed E-state index contributed by atoms with van der Waals surface area (Å²) in [4.78, 5) is 25.5. The van der Waals surface area contributed by atoms with Gasteiger partial charge in [0.2, 0.25) is 0 Å². The van der Waals surface area contributed by atoms with Crippen LogP contribution in [0, 0.1) is 0 Å². The normalized spacial score (nSPS) is 10.5. The smallest absolute Gasteiger partial charge is 0.257 e. The molecule has 0 bridgehead atoms. The third kappa shape index (κ3) is 5.30. The first-order valence-electron chi connectivity index (χ1n) is 8.21. The van der Waals surface area contributed by atoms with E-state index in [1.807, 2.05) is 12.1 Å². The van der Waals surface area contributed by atoms with Crippen LogP contribution < -0.4 is 5.32 Å². The number of ketones is 1. The summed E-state index contributed by atoms with van der Waals surface area (Å²) < 4.78 is 0. The van der Waals surface area contributed by atoms with Gasteiger partial charge in [0.1, 0.15) is 0 Å². The molecular formula is C21H14Cl3NO2S. The Morgan fingerprint density at radius 2 is 1.54 bits per heavy atom. The van der Waals surface area contributed by atoms with Crippen LogP contribution in [-0.4, -0.2) is 17.4 Å². The summed E-state index contributed by atoms with van der Waals surface area (Å²) in [7, 11) is 0. The van der Waals surface area contributed by atoms with Crippen molar-refractivity contribution in [1.82, 2.24) is 0 Å². The van der Waals surface area contributed by atoms with Gasteiger partial charge in [-0.15, -0.1) is 11.8 Å². The highest BCUT2D eigenvalue weighted by molar-refractivity contribution is 8.00. The van der Waals surface area contributed by atoms with Gasteiger partial charge in [-0.2, -0.15) is 0 Å². The van der Waals surface area contributed by atoms with Gasteiger partial charge < -0.3 is 5.32 Å². The van der Waals surface area contributed by atoms with Crippen molar-refractivity contribution in [3.05, 3.63) is 92.9 Å². The molecule has 3 nitrogen and oxygen atoms in total. The van der Waals surface area contributed by atoms with Gasteiger partial charge in [-0.25, -0.2) is 0 Å². The molecule has 3 aromatic carbocycles. The number of halogens is 3. The van der Waals surface area contributed by atoms with E-state index in [2.05, 4.69) is 5.32 Å². The minimum Gasteiger partial charge on any atom is -0.322 e. The van der Waals surface area contributed by atoms with Crippen LogP contribution in [0.5, 0.6) is 0 Å². The third-order valence-electron chi connectivity index (χ3n) is 3.83. The molecular weight excluding hydrogens is 437 g/mol. The number of carbonyl (C=O) groups excluding carboxylic acids is 2. The standard InChI is InChI=1S/C21H14Cl3NO2S/c22-13-5-10-17(19(24)11-13)21(27)25-14-6-8-15(9-7-14)28-12-20(26)16-3-1-2-4-18(16)23/h1-11H,12H2,(H,25,27). The molecule has 0 spiro atoms. The topological polar surface area (TPSA) is 46.2 Å². The van der Waals surface area contributed by atoms with Crippen LogP contribution in [0.1, 0.15) is 20.7 Å². The molecule has 3 rings (SSSR count). The number of anilines is 1. The fraction of sp³-hybridized carbons (Fsp3) is 0.0476. The predicted octanol–water partition coefficient (Wildman–Crippen LogP) is 6.87. The molecule has 1 amide bonds. The largest absolute Gasteiger partial charge is 0.322 e. The van der Waals surface area contributed by atoms with E-state index in [1.54, 1.807) is 48.5 Å². The zero-order chi connectivity index (χ0) is 20.1. The Morgan fingerprint density at radius 3 is 2.21 bits per heavy atom. The van der Waals surface area contributed by atoms with Gasteiger partial charge in [0.05, 0.1) is 21.4 Å². The molecule has 0 aliphatic heterocycles. The van der Waals surface area contributed by atoms with E-state index in [4.69, 9.17) is 34.8 Å². The summed E-state index contributed by atoms with van der Waals surface area (Å²) >= 11 is 19.4. The second kappa shape index (κ2) is 9.48. The van der Waals surface area contributed by atoms with Gasteiger partial charge in [0.15, 0.2) is 5.78 Å². The molecule has 0 atom stereocenters. The maximum Gasteiger partial charge on any atom is 0.257 e. The van der Waals surface area contributed by atoms with E-state index in [9.17, 15) is 9.59 Å². The van der Waals surface area contributed by atoms with E-state index in [0.29, 0.717) is 26.9 Å². The number of hydrogen-bond donors (Lipinski definition) is 1. The Balaban J connectivity index is 1.60. The molecule has 0 saturated heterocycles. The van der Waals surface area contributed by atoms with E-state index in [0.717, 1.165) is 4.90 Å². The average molecular weight is 451 g/mol. The van der Waals surface area contributed by atoms with Crippen molar-refractivity contribution in [2.75, 3.05) is 11.1 Å². The van der Waals surface area contributed by atoms with Gasteiger partial charge in [-0.05, 0) is 54.6 Å². The molecule has 28 heavy (non-hydrogen) atoms. The third-order valence-corrected chi connectivity index (χ3v) is 5.72. The van der Waals surface area contributed by atoms with Gasteiger partial charge in [0, 0.05) is 21.2 Å². The minimum absolute atomic E-state index is 0.0367. The Labute approximate surface area is 182 Å². The van der Waals surface area contributed by atoms with Crippen molar-refractivity contribution in [1.29, 1.82) is 0 Å². The quantitative estimate of drug-likeness (QED) is 0.329. The van der Waals surface area contributed by atoms with Crippen LogP contribution in [0.3, 0.4) is 0 Å². The van der Waals surface area contributed by atoms with Crippen molar-refractivity contribution in [2.45, 2.75) is 4.90 Å². The van der Waals surface area contributed by atoms with Gasteiger partial charge >= 0.3 is 0 Å². The van der Waals surface area contributed by atoms with Crippen molar-refractivity contribution < 1.29 is 9.59 Å². The molecule has 0 aliphatic carbocycles. The van der Waals surface area contributed by atoms with E-state index < -0.39 is 0 Å². The first-order valence-corrected chi connectivity index (χ1v) is 10.3. The number of rotatable bonds is 6. The SMILES string of the molecule is O=C(CSc1ccc(NC(=O)c2ccc(Cl)cc2Cl)cc1)c1ccccc1Cl. The Morgan fingerprint density at radius 1 is 0.821 bits per heavy atom. The summed E-state index contributed by atoms with van der Waals surface area (Å²) in [6.07, 6.45) is 0. The van der Waals surface area contributed by atoms with Crippen LogP contribution in [0.2, 0.25) is 15.1 Å². The monoisotopic (exact) mass is 449 g/mol. The first-order chi connectivity index (χ1) is 13.4. The van der Waals surface area contributed by atoms with Crippen LogP contribution in [0.25, 0.3) is 0 Å². The van der Waals surface area contributed by atoms with E-state index in [-0.39, 0.29) is 22.5 Å². The average Bonchev–Trinajstić information content (AvgIpc) is 2.67. The zero-order valence-electron chi connectivity index (χ0n) is 14.4. The number of nitrogens with one attached hydrogen (secondary N) is 1. The van der Waals surface area contributed by atoms with E-state index in [1.165, 1.54) is 17.8 Å². The molecule has 142 valence electrons. The fourth-order valence-corrected chi connectivity index (χ4v) is 3.94. The highest BCUT2D eigenvalue weighted by Gasteiger charge is 2.12. The highest BCUT2D eigenvalue weighted by Crippen LogP contribution is 2.25. The molecule has 3 aromatic rings. The molecule has 0 aromatic heterocycles. The number of benzene rings is 3. The predicted molar refractivity (Wildman–Crippen MR) is 117 cm³/mol. The maximum absolute atomic E-state index is 12.3. The lowest BCUT2D eigenvalue weighted by Crippen LogP contribution is -2.12. The van der Waals surface area contributed by atoms with Gasteiger partial charge in [-0.1, -0.05) is 46.9 Å². The molecule has 1 N–H and O–H groups in total. The number of carbonyl (C=O) groups is 2. The van der Waals surface area contributed by atoms with Crippen molar-refractivity contribution in [3.63, 3.8) is 0 Å². The van der Waals surface area contributed by atoms with Gasteiger partial charge in [-0.3, -0.25) is 9.59 Å². The van der Waals surface area contributed by atoms with Gasteiger partial charge in [0.25, 0.3) is 5.91 Å². The lowest BCUT2D eigenvalue weighted by Gasteiger charge is -2.08. The second-order valence-electron chi connectivity index (χ2n) is 5.79.